The van der Waals surface area contributed by atoms with Crippen molar-refractivity contribution in [1.29, 1.82) is 0 Å². The van der Waals surface area contributed by atoms with Gasteiger partial charge in [-0.1, -0.05) is 18.2 Å². The van der Waals surface area contributed by atoms with E-state index in [1.54, 1.807) is 0 Å². The summed E-state index contributed by atoms with van der Waals surface area (Å²) in [5.74, 6) is 0.237. The fourth-order valence-corrected chi connectivity index (χ4v) is 3.47. The maximum absolute atomic E-state index is 9.73. The largest absolute Gasteiger partial charge is 0.506 e. The monoisotopic (exact) mass is 379 g/mol. The van der Waals surface area contributed by atoms with E-state index in [1.807, 2.05) is 24.3 Å². The number of hydrogen-bond donors (Lipinski definition) is 1. The van der Waals surface area contributed by atoms with E-state index in [1.165, 1.54) is 10.9 Å². The van der Waals surface area contributed by atoms with Crippen molar-refractivity contribution < 1.29 is 5.11 Å². The Kier molecular flexibility index (Phi) is 3.37. The van der Waals surface area contributed by atoms with Gasteiger partial charge in [0.2, 0.25) is 0 Å². The number of phenols is 1. The number of hydrogen-bond acceptors (Lipinski definition) is 1. The Morgan fingerprint density at radius 2 is 1.68 bits per heavy atom. The highest BCUT2D eigenvalue weighted by molar-refractivity contribution is 9.11. The van der Waals surface area contributed by atoms with E-state index < -0.39 is 0 Å². The first-order chi connectivity index (χ1) is 9.15. The summed E-state index contributed by atoms with van der Waals surface area (Å²) in [5, 5.41) is 11.0. The minimum absolute atomic E-state index is 0.237. The first kappa shape index (κ1) is 12.8. The quantitative estimate of drug-likeness (QED) is 0.670. The van der Waals surface area contributed by atoms with Gasteiger partial charge >= 0.3 is 0 Å². The molecule has 0 aliphatic heterocycles. The Labute approximate surface area is 127 Å². The summed E-state index contributed by atoms with van der Waals surface area (Å²) in [6, 6.07) is 14.3. The zero-order valence-electron chi connectivity index (χ0n) is 9.98. The van der Waals surface area contributed by atoms with Crippen molar-refractivity contribution in [1.82, 2.24) is 4.57 Å². The number of phenolic OH excluding ortho intramolecular Hbond substituents is 1. The van der Waals surface area contributed by atoms with Crippen molar-refractivity contribution in [3.05, 3.63) is 63.2 Å². The highest BCUT2D eigenvalue weighted by Crippen LogP contribution is 2.33. The predicted octanol–water partition coefficient (Wildman–Crippen LogP) is 4.92. The zero-order valence-corrected chi connectivity index (χ0v) is 13.1. The van der Waals surface area contributed by atoms with Crippen LogP contribution in [0.2, 0.25) is 0 Å². The maximum Gasteiger partial charge on any atom is 0.143 e. The highest BCUT2D eigenvalue weighted by Gasteiger charge is 2.07. The molecule has 0 bridgehead atoms. The van der Waals surface area contributed by atoms with Gasteiger partial charge in [0.1, 0.15) is 5.75 Å². The Morgan fingerprint density at radius 3 is 2.42 bits per heavy atom. The molecule has 1 N–H and O–H groups in total. The third-order valence-electron chi connectivity index (χ3n) is 3.11. The van der Waals surface area contributed by atoms with E-state index >= 15 is 0 Å². The van der Waals surface area contributed by atoms with E-state index in [-0.39, 0.29) is 5.75 Å². The maximum atomic E-state index is 9.73. The topological polar surface area (TPSA) is 25.2 Å². The predicted molar refractivity (Wildman–Crippen MR) is 84.5 cm³/mol. The zero-order chi connectivity index (χ0) is 13.4. The average molecular weight is 381 g/mol. The number of rotatable bonds is 2. The Bertz CT molecular complexity index is 726. The molecule has 0 unspecified atom stereocenters. The van der Waals surface area contributed by atoms with E-state index in [4.69, 9.17) is 0 Å². The van der Waals surface area contributed by atoms with Crippen LogP contribution in [0.1, 0.15) is 5.56 Å². The molecule has 0 radical (unpaired) electrons. The number of para-hydroxylation sites is 1. The first-order valence-corrected chi connectivity index (χ1v) is 7.44. The Balaban J connectivity index is 2.01. The molecule has 3 rings (SSSR count). The molecular formula is C15H11Br2NO. The summed E-state index contributed by atoms with van der Waals surface area (Å²) < 4.78 is 3.60. The van der Waals surface area contributed by atoms with Crippen molar-refractivity contribution in [2.75, 3.05) is 0 Å². The molecule has 1 aromatic heterocycles. The summed E-state index contributed by atoms with van der Waals surface area (Å²) in [7, 11) is 0. The average Bonchev–Trinajstić information content (AvgIpc) is 2.79. The number of aromatic hydroxyl groups is 1. The van der Waals surface area contributed by atoms with Gasteiger partial charge in [0.15, 0.2) is 0 Å². The summed E-state index contributed by atoms with van der Waals surface area (Å²) in [4.78, 5) is 0. The molecule has 0 saturated heterocycles. The van der Waals surface area contributed by atoms with E-state index in [2.05, 4.69) is 60.8 Å². The summed E-state index contributed by atoms with van der Waals surface area (Å²) >= 11 is 6.72. The second kappa shape index (κ2) is 5.02. The third kappa shape index (κ3) is 2.42. The van der Waals surface area contributed by atoms with Crippen molar-refractivity contribution in [3.63, 3.8) is 0 Å². The van der Waals surface area contributed by atoms with Gasteiger partial charge in [-0.15, -0.1) is 0 Å². The van der Waals surface area contributed by atoms with Gasteiger partial charge in [0.05, 0.1) is 8.95 Å². The third-order valence-corrected chi connectivity index (χ3v) is 4.32. The van der Waals surface area contributed by atoms with Gasteiger partial charge in [-0.3, -0.25) is 0 Å². The molecule has 1 heterocycles. The van der Waals surface area contributed by atoms with E-state index in [0.717, 1.165) is 12.1 Å². The van der Waals surface area contributed by atoms with Crippen LogP contribution in [0, 0.1) is 0 Å². The molecule has 19 heavy (non-hydrogen) atoms. The SMILES string of the molecule is Oc1c(Br)cc(Cn2ccc3ccccc32)cc1Br. The van der Waals surface area contributed by atoms with E-state index in [9.17, 15) is 5.11 Å². The smallest absolute Gasteiger partial charge is 0.143 e. The molecule has 0 fully saturated rings. The van der Waals surface area contributed by atoms with Gasteiger partial charge < -0.3 is 9.67 Å². The molecule has 0 amide bonds. The van der Waals surface area contributed by atoms with Gasteiger partial charge in [-0.25, -0.2) is 0 Å². The first-order valence-electron chi connectivity index (χ1n) is 5.86. The number of aromatic nitrogens is 1. The van der Waals surface area contributed by atoms with Gasteiger partial charge in [-0.2, -0.15) is 0 Å². The Morgan fingerprint density at radius 1 is 1.00 bits per heavy atom. The second-order valence-corrected chi connectivity index (χ2v) is 6.12. The summed E-state index contributed by atoms with van der Waals surface area (Å²) in [6.07, 6.45) is 2.08. The van der Waals surface area contributed by atoms with Crippen molar-refractivity contribution in [3.8, 4) is 5.75 Å². The fraction of sp³-hybridized carbons (Fsp3) is 0.0667. The van der Waals surface area contributed by atoms with Crippen molar-refractivity contribution in [2.24, 2.45) is 0 Å². The minimum Gasteiger partial charge on any atom is -0.506 e. The van der Waals surface area contributed by atoms with Crippen LogP contribution < -0.4 is 0 Å². The van der Waals surface area contributed by atoms with Gasteiger partial charge in [0.25, 0.3) is 0 Å². The van der Waals surface area contributed by atoms with Crippen molar-refractivity contribution >= 4 is 42.8 Å². The molecule has 4 heteroatoms. The van der Waals surface area contributed by atoms with Gasteiger partial charge in [-0.05, 0) is 67.1 Å². The molecule has 2 nitrogen and oxygen atoms in total. The highest BCUT2D eigenvalue weighted by atomic mass is 79.9. The van der Waals surface area contributed by atoms with Crippen LogP contribution in [0.15, 0.2) is 57.6 Å². The number of nitrogens with zero attached hydrogens (tertiary/aromatic N) is 1. The number of benzene rings is 2. The summed E-state index contributed by atoms with van der Waals surface area (Å²) in [6.45, 7) is 0.769. The molecule has 0 saturated carbocycles. The Hall–Kier alpha value is -1.26. The van der Waals surface area contributed by atoms with Crippen LogP contribution in [0.5, 0.6) is 5.75 Å². The lowest BCUT2D eigenvalue weighted by Gasteiger charge is -2.08. The van der Waals surface area contributed by atoms with Crippen LogP contribution >= 0.6 is 31.9 Å². The second-order valence-electron chi connectivity index (χ2n) is 4.41. The standard InChI is InChI=1S/C15H11Br2NO/c16-12-7-10(8-13(17)15(12)19)9-18-6-5-11-3-1-2-4-14(11)18/h1-8,19H,9H2. The van der Waals surface area contributed by atoms with Crippen LogP contribution in [0.3, 0.4) is 0 Å². The molecule has 0 aliphatic rings. The van der Waals surface area contributed by atoms with Crippen molar-refractivity contribution in [2.45, 2.75) is 6.54 Å². The lowest BCUT2D eigenvalue weighted by molar-refractivity contribution is 0.468. The molecule has 0 aliphatic carbocycles. The lowest BCUT2D eigenvalue weighted by Crippen LogP contribution is -1.98. The van der Waals surface area contributed by atoms with Crippen LogP contribution in [0.25, 0.3) is 10.9 Å². The molecule has 2 aromatic carbocycles. The molecular weight excluding hydrogens is 370 g/mol. The molecule has 3 aromatic rings. The van der Waals surface area contributed by atoms with Crippen LogP contribution in [0.4, 0.5) is 0 Å². The summed E-state index contributed by atoms with van der Waals surface area (Å²) in [5.41, 5.74) is 2.33. The molecule has 0 atom stereocenters. The number of fused-ring (bicyclic) bond motifs is 1. The van der Waals surface area contributed by atoms with Gasteiger partial charge in [0, 0.05) is 18.3 Å². The normalized spacial score (nSPS) is 11.1. The molecule has 0 spiro atoms. The fourth-order valence-electron chi connectivity index (χ4n) is 2.18. The van der Waals surface area contributed by atoms with E-state index in [0.29, 0.717) is 8.95 Å². The lowest BCUT2D eigenvalue weighted by atomic mass is 10.2. The minimum atomic E-state index is 0.237. The number of halogens is 2. The van der Waals surface area contributed by atoms with Crippen LogP contribution in [-0.4, -0.2) is 9.67 Å². The van der Waals surface area contributed by atoms with Crippen LogP contribution in [-0.2, 0) is 6.54 Å². The molecule has 96 valence electrons.